The van der Waals surface area contributed by atoms with Crippen molar-refractivity contribution in [2.45, 2.75) is 19.3 Å². The molecule has 5 heteroatoms. The summed E-state index contributed by atoms with van der Waals surface area (Å²) in [5, 5.41) is 4.38. The van der Waals surface area contributed by atoms with Crippen LogP contribution >= 0.6 is 0 Å². The molecule has 0 aliphatic carbocycles. The van der Waals surface area contributed by atoms with Crippen LogP contribution in [0.1, 0.15) is 35.3 Å². The van der Waals surface area contributed by atoms with Crippen LogP contribution in [0, 0.1) is 0 Å². The zero-order valence-corrected chi connectivity index (χ0v) is 10.2. The molecule has 1 unspecified atom stereocenters. The summed E-state index contributed by atoms with van der Waals surface area (Å²) in [4.78, 5) is 19.3. The van der Waals surface area contributed by atoms with Crippen molar-refractivity contribution in [2.24, 2.45) is 0 Å². The quantitative estimate of drug-likeness (QED) is 0.595. The minimum atomic E-state index is 0.146. The third-order valence-electron chi connectivity index (χ3n) is 2.64. The number of hydrogen-bond donors (Lipinski definition) is 0. The Morgan fingerprint density at radius 3 is 2.78 bits per heavy atom. The van der Waals surface area contributed by atoms with Crippen LogP contribution in [0.25, 0.3) is 5.95 Å². The maximum absolute atomic E-state index is 11.1. The lowest BCUT2D eigenvalue weighted by atomic mass is 10.0. The van der Waals surface area contributed by atoms with Crippen molar-refractivity contribution in [2.75, 3.05) is 0 Å². The summed E-state index contributed by atoms with van der Waals surface area (Å²) in [6, 6.07) is 1.73. The summed E-state index contributed by atoms with van der Waals surface area (Å²) in [5.41, 5.74) is 1.31. The first kappa shape index (κ1) is 12.2. The largest absolute Gasteiger partial charge is 0.298 e. The standard InChI is InChI=1S/C13H14N4O/c1-3-5-10(2)12-11(9-18)8-17(16-12)13-14-6-4-7-15-13/h3-4,6-10H,1,5H2,2H3. The first-order valence-electron chi connectivity index (χ1n) is 5.69. The lowest BCUT2D eigenvalue weighted by molar-refractivity contribution is 0.112. The Hall–Kier alpha value is -2.30. The molecule has 5 nitrogen and oxygen atoms in total. The van der Waals surface area contributed by atoms with Crippen LogP contribution in [0.3, 0.4) is 0 Å². The topological polar surface area (TPSA) is 60.7 Å². The maximum Gasteiger partial charge on any atom is 0.250 e. The number of hydrogen-bond acceptors (Lipinski definition) is 4. The molecule has 0 fully saturated rings. The summed E-state index contributed by atoms with van der Waals surface area (Å²) in [6.45, 7) is 5.71. The molecule has 2 rings (SSSR count). The fourth-order valence-corrected chi connectivity index (χ4v) is 1.75. The van der Waals surface area contributed by atoms with Crippen molar-refractivity contribution in [1.82, 2.24) is 19.7 Å². The summed E-state index contributed by atoms with van der Waals surface area (Å²) in [5.74, 6) is 0.602. The van der Waals surface area contributed by atoms with Crippen LogP contribution in [-0.2, 0) is 0 Å². The van der Waals surface area contributed by atoms with Crippen LogP contribution in [0.5, 0.6) is 0 Å². The molecule has 0 aliphatic heterocycles. The monoisotopic (exact) mass is 242 g/mol. The molecular formula is C13H14N4O. The normalized spacial score (nSPS) is 12.1. The van der Waals surface area contributed by atoms with Crippen LogP contribution in [0.15, 0.2) is 37.3 Å². The van der Waals surface area contributed by atoms with E-state index in [2.05, 4.69) is 21.6 Å². The molecule has 0 aliphatic rings. The van der Waals surface area contributed by atoms with Crippen LogP contribution in [0.2, 0.25) is 0 Å². The number of carbonyl (C=O) groups is 1. The third kappa shape index (κ3) is 2.34. The van der Waals surface area contributed by atoms with Gasteiger partial charge in [0.25, 0.3) is 0 Å². The molecule has 2 aromatic heterocycles. The van der Waals surface area contributed by atoms with Crippen molar-refractivity contribution < 1.29 is 4.79 Å². The Balaban J connectivity index is 2.41. The van der Waals surface area contributed by atoms with Gasteiger partial charge in [-0.3, -0.25) is 4.79 Å². The van der Waals surface area contributed by atoms with Gasteiger partial charge in [0.05, 0.1) is 11.3 Å². The predicted molar refractivity (Wildman–Crippen MR) is 67.8 cm³/mol. The lowest BCUT2D eigenvalue weighted by Gasteiger charge is -2.05. The van der Waals surface area contributed by atoms with Gasteiger partial charge < -0.3 is 0 Å². The fraction of sp³-hybridized carbons (Fsp3) is 0.231. The van der Waals surface area contributed by atoms with Crippen LogP contribution < -0.4 is 0 Å². The molecule has 0 saturated heterocycles. The summed E-state index contributed by atoms with van der Waals surface area (Å²) in [6.07, 6.45) is 8.32. The van der Waals surface area contributed by atoms with Gasteiger partial charge in [-0.1, -0.05) is 13.0 Å². The van der Waals surface area contributed by atoms with Crippen molar-refractivity contribution in [1.29, 1.82) is 0 Å². The number of nitrogens with zero attached hydrogens (tertiary/aromatic N) is 4. The average molecular weight is 242 g/mol. The van der Waals surface area contributed by atoms with Crippen LogP contribution in [-0.4, -0.2) is 26.0 Å². The molecular weight excluding hydrogens is 228 g/mol. The van der Waals surface area contributed by atoms with E-state index in [0.29, 0.717) is 11.5 Å². The lowest BCUT2D eigenvalue weighted by Crippen LogP contribution is -2.02. The molecule has 0 aromatic carbocycles. The number of allylic oxidation sites excluding steroid dienone is 1. The Labute approximate surface area is 105 Å². The summed E-state index contributed by atoms with van der Waals surface area (Å²) >= 11 is 0. The molecule has 2 aromatic rings. The van der Waals surface area contributed by atoms with Crippen molar-refractivity contribution in [3.05, 3.63) is 48.6 Å². The predicted octanol–water partition coefficient (Wildman–Crippen LogP) is 2.15. The molecule has 2 heterocycles. The van der Waals surface area contributed by atoms with Crippen molar-refractivity contribution in [3.8, 4) is 5.95 Å². The summed E-state index contributed by atoms with van der Waals surface area (Å²) < 4.78 is 1.53. The minimum Gasteiger partial charge on any atom is -0.298 e. The molecule has 0 N–H and O–H groups in total. The molecule has 0 radical (unpaired) electrons. The van der Waals surface area contributed by atoms with E-state index in [1.165, 1.54) is 4.68 Å². The zero-order chi connectivity index (χ0) is 13.0. The molecule has 0 bridgehead atoms. The van der Waals surface area contributed by atoms with Gasteiger partial charge in [0.1, 0.15) is 0 Å². The Morgan fingerprint density at radius 1 is 1.44 bits per heavy atom. The van der Waals surface area contributed by atoms with E-state index in [9.17, 15) is 4.79 Å². The van der Waals surface area contributed by atoms with Gasteiger partial charge in [0, 0.05) is 24.5 Å². The van der Waals surface area contributed by atoms with Gasteiger partial charge >= 0.3 is 0 Å². The van der Waals surface area contributed by atoms with E-state index in [4.69, 9.17) is 0 Å². The second kappa shape index (κ2) is 5.35. The van der Waals surface area contributed by atoms with E-state index >= 15 is 0 Å². The van der Waals surface area contributed by atoms with Gasteiger partial charge in [-0.2, -0.15) is 5.10 Å². The van der Waals surface area contributed by atoms with E-state index in [1.807, 2.05) is 13.0 Å². The zero-order valence-electron chi connectivity index (χ0n) is 10.2. The van der Waals surface area contributed by atoms with Gasteiger partial charge in [0.15, 0.2) is 6.29 Å². The summed E-state index contributed by atoms with van der Waals surface area (Å²) in [7, 11) is 0. The third-order valence-corrected chi connectivity index (χ3v) is 2.64. The first-order valence-corrected chi connectivity index (χ1v) is 5.69. The van der Waals surface area contributed by atoms with Crippen LogP contribution in [0.4, 0.5) is 0 Å². The molecule has 1 atom stereocenters. The second-order valence-electron chi connectivity index (χ2n) is 4.01. The molecule has 92 valence electrons. The average Bonchev–Trinajstić information content (AvgIpc) is 2.84. The first-order chi connectivity index (χ1) is 8.76. The minimum absolute atomic E-state index is 0.146. The fourth-order valence-electron chi connectivity index (χ4n) is 1.75. The highest BCUT2D eigenvalue weighted by Gasteiger charge is 2.15. The van der Waals surface area contributed by atoms with Gasteiger partial charge in [-0.15, -0.1) is 6.58 Å². The molecule has 18 heavy (non-hydrogen) atoms. The van der Waals surface area contributed by atoms with E-state index in [-0.39, 0.29) is 5.92 Å². The SMILES string of the molecule is C=CCC(C)c1nn(-c2ncccn2)cc1C=O. The smallest absolute Gasteiger partial charge is 0.250 e. The Morgan fingerprint density at radius 2 is 2.17 bits per heavy atom. The Kier molecular flexibility index (Phi) is 3.62. The van der Waals surface area contributed by atoms with E-state index in [1.54, 1.807) is 24.7 Å². The number of carbonyl (C=O) groups excluding carboxylic acids is 1. The Bertz CT molecular complexity index is 547. The number of rotatable bonds is 5. The number of aromatic nitrogens is 4. The molecule has 0 saturated carbocycles. The van der Waals surface area contributed by atoms with Crippen molar-refractivity contribution in [3.63, 3.8) is 0 Å². The highest BCUT2D eigenvalue weighted by atomic mass is 16.1. The maximum atomic E-state index is 11.1. The highest BCUT2D eigenvalue weighted by molar-refractivity contribution is 5.76. The molecule has 0 spiro atoms. The number of aldehydes is 1. The molecule has 0 amide bonds. The van der Waals surface area contributed by atoms with E-state index in [0.717, 1.165) is 18.4 Å². The van der Waals surface area contributed by atoms with E-state index < -0.39 is 0 Å². The highest BCUT2D eigenvalue weighted by Crippen LogP contribution is 2.21. The van der Waals surface area contributed by atoms with Gasteiger partial charge in [-0.25, -0.2) is 14.6 Å². The van der Waals surface area contributed by atoms with Gasteiger partial charge in [0.2, 0.25) is 5.95 Å². The second-order valence-corrected chi connectivity index (χ2v) is 4.01. The van der Waals surface area contributed by atoms with Crippen molar-refractivity contribution >= 4 is 6.29 Å². The van der Waals surface area contributed by atoms with Gasteiger partial charge in [-0.05, 0) is 12.5 Å².